The van der Waals surface area contributed by atoms with Gasteiger partial charge in [-0.05, 0) is 24.3 Å². The fourth-order valence-corrected chi connectivity index (χ4v) is 1.24. The molecule has 0 spiro atoms. The normalized spacial score (nSPS) is 10.3. The lowest BCUT2D eigenvalue weighted by atomic mass is 10.2. The van der Waals surface area contributed by atoms with E-state index in [-0.39, 0.29) is 5.82 Å². The van der Waals surface area contributed by atoms with Crippen LogP contribution in [-0.4, -0.2) is 12.0 Å². The summed E-state index contributed by atoms with van der Waals surface area (Å²) in [6, 6.07) is 6.42. The predicted molar refractivity (Wildman–Crippen MR) is 51.2 cm³/mol. The Morgan fingerprint density at radius 1 is 1.31 bits per heavy atom. The van der Waals surface area contributed by atoms with Gasteiger partial charge in [0.25, 0.3) is 0 Å². The molecule has 0 radical (unpaired) electrons. The van der Waals surface area contributed by atoms with Crippen molar-refractivity contribution in [2.75, 3.05) is 12.4 Å². The highest BCUT2D eigenvalue weighted by Crippen LogP contribution is 2.16. The molecular formula is C10H9FN2. The first-order valence-electron chi connectivity index (χ1n) is 4.02. The van der Waals surface area contributed by atoms with Crippen molar-refractivity contribution in [3.8, 4) is 0 Å². The maximum absolute atomic E-state index is 12.8. The van der Waals surface area contributed by atoms with Crippen molar-refractivity contribution >= 4 is 16.6 Å². The van der Waals surface area contributed by atoms with Crippen LogP contribution in [0.25, 0.3) is 10.9 Å². The first-order chi connectivity index (χ1) is 6.29. The van der Waals surface area contributed by atoms with E-state index in [2.05, 4.69) is 10.3 Å². The van der Waals surface area contributed by atoms with Crippen LogP contribution in [-0.2, 0) is 0 Å². The van der Waals surface area contributed by atoms with Gasteiger partial charge in [0.15, 0.2) is 0 Å². The van der Waals surface area contributed by atoms with Crippen molar-refractivity contribution in [3.63, 3.8) is 0 Å². The molecule has 1 heterocycles. The van der Waals surface area contributed by atoms with E-state index < -0.39 is 0 Å². The summed E-state index contributed by atoms with van der Waals surface area (Å²) in [6.07, 6.45) is 1.72. The number of nitrogens with zero attached hydrogens (tertiary/aromatic N) is 1. The average Bonchev–Trinajstić information content (AvgIpc) is 2.16. The molecule has 2 aromatic rings. The van der Waals surface area contributed by atoms with Crippen LogP contribution in [0.3, 0.4) is 0 Å². The summed E-state index contributed by atoms with van der Waals surface area (Å²) in [4.78, 5) is 4.16. The maximum atomic E-state index is 12.8. The van der Waals surface area contributed by atoms with Gasteiger partial charge in [-0.25, -0.2) is 4.39 Å². The smallest absolute Gasteiger partial charge is 0.123 e. The maximum Gasteiger partial charge on any atom is 0.123 e. The highest BCUT2D eigenvalue weighted by atomic mass is 19.1. The van der Waals surface area contributed by atoms with Gasteiger partial charge in [0.1, 0.15) is 5.82 Å². The molecule has 66 valence electrons. The quantitative estimate of drug-likeness (QED) is 0.721. The molecule has 2 rings (SSSR count). The minimum Gasteiger partial charge on any atom is -0.387 e. The summed E-state index contributed by atoms with van der Waals surface area (Å²) in [7, 11) is 1.81. The molecule has 3 heteroatoms. The number of hydrogen-bond donors (Lipinski definition) is 1. The van der Waals surface area contributed by atoms with Crippen molar-refractivity contribution < 1.29 is 4.39 Å². The van der Waals surface area contributed by atoms with Gasteiger partial charge in [-0.2, -0.15) is 0 Å². The van der Waals surface area contributed by atoms with Gasteiger partial charge in [0.2, 0.25) is 0 Å². The van der Waals surface area contributed by atoms with Gasteiger partial charge in [0.05, 0.1) is 17.4 Å². The molecule has 0 amide bonds. The number of halogens is 1. The van der Waals surface area contributed by atoms with E-state index in [0.29, 0.717) is 0 Å². The van der Waals surface area contributed by atoms with E-state index >= 15 is 0 Å². The fourth-order valence-electron chi connectivity index (χ4n) is 1.24. The third kappa shape index (κ3) is 1.45. The van der Waals surface area contributed by atoms with Gasteiger partial charge in [-0.3, -0.25) is 4.98 Å². The molecule has 0 saturated carbocycles. The second-order valence-corrected chi connectivity index (χ2v) is 2.81. The number of anilines is 1. The van der Waals surface area contributed by atoms with Crippen LogP contribution in [0.4, 0.5) is 10.1 Å². The lowest BCUT2D eigenvalue weighted by molar-refractivity contribution is 0.629. The van der Waals surface area contributed by atoms with Crippen molar-refractivity contribution in [2.45, 2.75) is 0 Å². The first kappa shape index (κ1) is 7.98. The Hall–Kier alpha value is -1.64. The van der Waals surface area contributed by atoms with E-state index in [1.807, 2.05) is 13.1 Å². The SMILES string of the molecule is CNc1cnc2ccc(F)cc2c1. The monoisotopic (exact) mass is 176 g/mol. The second-order valence-electron chi connectivity index (χ2n) is 2.81. The molecule has 0 atom stereocenters. The first-order valence-corrected chi connectivity index (χ1v) is 4.02. The van der Waals surface area contributed by atoms with Crippen LogP contribution in [0.5, 0.6) is 0 Å². The van der Waals surface area contributed by atoms with E-state index in [0.717, 1.165) is 16.6 Å². The Balaban J connectivity index is 2.68. The molecular weight excluding hydrogens is 167 g/mol. The van der Waals surface area contributed by atoms with Gasteiger partial charge in [0, 0.05) is 12.4 Å². The third-order valence-electron chi connectivity index (χ3n) is 1.93. The predicted octanol–water partition coefficient (Wildman–Crippen LogP) is 2.42. The zero-order valence-electron chi connectivity index (χ0n) is 7.21. The molecule has 0 aliphatic rings. The van der Waals surface area contributed by atoms with Crippen molar-refractivity contribution in [1.29, 1.82) is 0 Å². The van der Waals surface area contributed by atoms with Crippen LogP contribution in [0.1, 0.15) is 0 Å². The summed E-state index contributed by atoms with van der Waals surface area (Å²) in [5, 5.41) is 3.77. The van der Waals surface area contributed by atoms with Crippen molar-refractivity contribution in [2.24, 2.45) is 0 Å². The van der Waals surface area contributed by atoms with Gasteiger partial charge in [-0.1, -0.05) is 0 Å². The zero-order chi connectivity index (χ0) is 9.26. The Morgan fingerprint density at radius 2 is 2.15 bits per heavy atom. The standard InChI is InChI=1S/C10H9FN2/c1-12-9-5-7-4-8(11)2-3-10(7)13-6-9/h2-6,12H,1H3. The summed E-state index contributed by atoms with van der Waals surface area (Å²) in [5.74, 6) is -0.234. The Kier molecular flexibility index (Phi) is 1.85. The van der Waals surface area contributed by atoms with Crippen molar-refractivity contribution in [1.82, 2.24) is 4.98 Å². The number of aromatic nitrogens is 1. The molecule has 2 nitrogen and oxygen atoms in total. The van der Waals surface area contributed by atoms with E-state index in [9.17, 15) is 4.39 Å². The Morgan fingerprint density at radius 3 is 2.92 bits per heavy atom. The lowest BCUT2D eigenvalue weighted by Crippen LogP contribution is -1.89. The molecule has 1 aromatic carbocycles. The second kappa shape index (κ2) is 3.01. The molecule has 1 N–H and O–H groups in total. The summed E-state index contributed by atoms with van der Waals surface area (Å²) in [6.45, 7) is 0. The molecule has 1 aromatic heterocycles. The van der Waals surface area contributed by atoms with E-state index in [1.165, 1.54) is 12.1 Å². The van der Waals surface area contributed by atoms with E-state index in [1.54, 1.807) is 12.3 Å². The number of benzene rings is 1. The number of fused-ring (bicyclic) bond motifs is 1. The number of rotatable bonds is 1. The Bertz CT molecular complexity index is 440. The summed E-state index contributed by atoms with van der Waals surface area (Å²) < 4.78 is 12.8. The molecule has 0 aliphatic heterocycles. The Labute approximate surface area is 75.4 Å². The lowest BCUT2D eigenvalue weighted by Gasteiger charge is -2.01. The van der Waals surface area contributed by atoms with Gasteiger partial charge in [-0.15, -0.1) is 0 Å². The van der Waals surface area contributed by atoms with Crippen molar-refractivity contribution in [3.05, 3.63) is 36.3 Å². The fraction of sp³-hybridized carbons (Fsp3) is 0.100. The minimum absolute atomic E-state index is 0.234. The third-order valence-corrected chi connectivity index (χ3v) is 1.93. The minimum atomic E-state index is -0.234. The molecule has 0 fully saturated rings. The highest BCUT2D eigenvalue weighted by Gasteiger charge is 1.97. The number of pyridine rings is 1. The van der Waals surface area contributed by atoms with Crippen LogP contribution < -0.4 is 5.32 Å². The number of nitrogens with one attached hydrogen (secondary N) is 1. The molecule has 0 bridgehead atoms. The van der Waals surface area contributed by atoms with Gasteiger partial charge >= 0.3 is 0 Å². The molecule has 0 aliphatic carbocycles. The largest absolute Gasteiger partial charge is 0.387 e. The van der Waals surface area contributed by atoms with Crippen LogP contribution >= 0.6 is 0 Å². The van der Waals surface area contributed by atoms with Crippen LogP contribution in [0, 0.1) is 5.82 Å². The molecule has 0 unspecified atom stereocenters. The molecule has 0 saturated heterocycles. The van der Waals surface area contributed by atoms with Gasteiger partial charge < -0.3 is 5.32 Å². The summed E-state index contributed by atoms with van der Waals surface area (Å²) in [5.41, 5.74) is 1.69. The molecule has 13 heavy (non-hydrogen) atoms. The highest BCUT2D eigenvalue weighted by molar-refractivity contribution is 5.81. The zero-order valence-corrected chi connectivity index (χ0v) is 7.21. The van der Waals surface area contributed by atoms with Crippen LogP contribution in [0.15, 0.2) is 30.5 Å². The topological polar surface area (TPSA) is 24.9 Å². The summed E-state index contributed by atoms with van der Waals surface area (Å²) >= 11 is 0. The number of hydrogen-bond acceptors (Lipinski definition) is 2. The van der Waals surface area contributed by atoms with E-state index in [4.69, 9.17) is 0 Å². The average molecular weight is 176 g/mol. The van der Waals surface area contributed by atoms with Crippen LogP contribution in [0.2, 0.25) is 0 Å².